The Kier molecular flexibility index (Phi) is 6.97. The van der Waals surface area contributed by atoms with Gasteiger partial charge in [0.15, 0.2) is 0 Å². The lowest BCUT2D eigenvalue weighted by Gasteiger charge is -2.16. The zero-order valence-corrected chi connectivity index (χ0v) is 18.9. The molecule has 7 heteroatoms. The summed E-state index contributed by atoms with van der Waals surface area (Å²) < 4.78 is 16.5. The van der Waals surface area contributed by atoms with Gasteiger partial charge in [0.25, 0.3) is 0 Å². The second-order valence-corrected chi connectivity index (χ2v) is 7.65. The molecule has 0 aliphatic rings. The Labute approximate surface area is 182 Å². The molecule has 3 rings (SSSR count). The molecule has 0 unspecified atom stereocenters. The zero-order valence-electron chi connectivity index (χ0n) is 18.9. The van der Waals surface area contributed by atoms with Gasteiger partial charge in [-0.1, -0.05) is 11.2 Å². The molecule has 31 heavy (non-hydrogen) atoms. The van der Waals surface area contributed by atoms with Crippen LogP contribution in [0.2, 0.25) is 0 Å². The van der Waals surface area contributed by atoms with Crippen LogP contribution in [0.15, 0.2) is 34.9 Å². The van der Waals surface area contributed by atoms with Gasteiger partial charge in [-0.05, 0) is 81.1 Å². The number of amides is 2. The van der Waals surface area contributed by atoms with Gasteiger partial charge in [0, 0.05) is 24.9 Å². The first-order chi connectivity index (χ1) is 14.8. The molecular weight excluding hydrogens is 394 g/mol. The van der Waals surface area contributed by atoms with E-state index in [4.69, 9.17) is 14.0 Å². The van der Waals surface area contributed by atoms with Crippen LogP contribution < -0.4 is 15.4 Å². The number of nitrogens with one attached hydrogen (secondary N) is 2. The Morgan fingerprint density at radius 1 is 1.03 bits per heavy atom. The van der Waals surface area contributed by atoms with Gasteiger partial charge in [0.2, 0.25) is 0 Å². The highest BCUT2D eigenvalue weighted by Crippen LogP contribution is 2.35. The van der Waals surface area contributed by atoms with E-state index < -0.39 is 0 Å². The molecule has 0 spiro atoms. The highest BCUT2D eigenvalue weighted by Gasteiger charge is 2.15. The van der Waals surface area contributed by atoms with Gasteiger partial charge in [0.05, 0.1) is 12.3 Å². The van der Waals surface area contributed by atoms with Gasteiger partial charge >= 0.3 is 6.03 Å². The summed E-state index contributed by atoms with van der Waals surface area (Å²) in [5.74, 6) is 2.28. The summed E-state index contributed by atoms with van der Waals surface area (Å²) in [6, 6.07) is 9.59. The highest BCUT2D eigenvalue weighted by atomic mass is 16.5. The van der Waals surface area contributed by atoms with Gasteiger partial charge in [-0.2, -0.15) is 0 Å². The standard InChI is InChI=1S/C24H29N3O4/c1-14-9-19(22-17(4)27-31-18(22)5)13-21(10-14)30-23-15(2)11-20(12-16(23)3)26-24(28)25-7-8-29-6/h9-13H,7-8H2,1-6H3,(H2,25,26,28). The average molecular weight is 424 g/mol. The second kappa shape index (κ2) is 9.66. The molecule has 1 aromatic heterocycles. The molecule has 164 valence electrons. The lowest BCUT2D eigenvalue weighted by atomic mass is 10.0. The maximum absolute atomic E-state index is 12.0. The maximum Gasteiger partial charge on any atom is 0.319 e. The second-order valence-electron chi connectivity index (χ2n) is 7.65. The molecule has 3 aromatic rings. The Morgan fingerprint density at radius 2 is 1.74 bits per heavy atom. The minimum Gasteiger partial charge on any atom is -0.457 e. The monoisotopic (exact) mass is 423 g/mol. The van der Waals surface area contributed by atoms with Crippen molar-refractivity contribution in [1.82, 2.24) is 10.5 Å². The van der Waals surface area contributed by atoms with Crippen LogP contribution >= 0.6 is 0 Å². The summed E-state index contributed by atoms with van der Waals surface area (Å²) in [6.45, 7) is 10.7. The van der Waals surface area contributed by atoms with E-state index in [9.17, 15) is 4.79 Å². The number of hydrogen-bond acceptors (Lipinski definition) is 5. The van der Waals surface area contributed by atoms with Crippen molar-refractivity contribution in [2.45, 2.75) is 34.6 Å². The predicted octanol–water partition coefficient (Wildman–Crippen LogP) is 5.44. The highest BCUT2D eigenvalue weighted by molar-refractivity contribution is 5.89. The maximum atomic E-state index is 12.0. The Hall–Kier alpha value is -3.32. The lowest BCUT2D eigenvalue weighted by molar-refractivity contribution is 0.198. The number of aryl methyl sites for hydroxylation is 5. The van der Waals surface area contributed by atoms with Crippen LogP contribution in [0.3, 0.4) is 0 Å². The van der Waals surface area contributed by atoms with Crippen LogP contribution in [-0.4, -0.2) is 31.4 Å². The first-order valence-electron chi connectivity index (χ1n) is 10.2. The van der Waals surface area contributed by atoms with E-state index in [0.717, 1.165) is 50.8 Å². The van der Waals surface area contributed by atoms with Crippen molar-refractivity contribution in [3.05, 3.63) is 58.5 Å². The molecule has 2 aromatic carbocycles. The quantitative estimate of drug-likeness (QED) is 0.494. The number of anilines is 1. The van der Waals surface area contributed by atoms with Gasteiger partial charge in [-0.25, -0.2) is 4.79 Å². The molecule has 2 N–H and O–H groups in total. The third-order valence-corrected chi connectivity index (χ3v) is 4.90. The summed E-state index contributed by atoms with van der Waals surface area (Å²) in [5.41, 5.74) is 6.47. The van der Waals surface area contributed by atoms with Crippen molar-refractivity contribution in [2.24, 2.45) is 0 Å². The Bertz CT molecular complexity index is 1050. The van der Waals surface area contributed by atoms with Crippen molar-refractivity contribution in [2.75, 3.05) is 25.6 Å². The van der Waals surface area contributed by atoms with E-state index in [1.54, 1.807) is 7.11 Å². The van der Waals surface area contributed by atoms with Crippen molar-refractivity contribution >= 4 is 11.7 Å². The van der Waals surface area contributed by atoms with Gasteiger partial charge in [0.1, 0.15) is 17.3 Å². The largest absolute Gasteiger partial charge is 0.457 e. The van der Waals surface area contributed by atoms with E-state index in [2.05, 4.69) is 21.9 Å². The van der Waals surface area contributed by atoms with E-state index >= 15 is 0 Å². The molecule has 0 saturated heterocycles. The molecule has 0 aliphatic heterocycles. The molecular formula is C24H29N3O4. The van der Waals surface area contributed by atoms with E-state index in [1.807, 2.05) is 58.9 Å². The summed E-state index contributed by atoms with van der Waals surface area (Å²) in [4.78, 5) is 12.0. The van der Waals surface area contributed by atoms with E-state index in [0.29, 0.717) is 18.8 Å². The van der Waals surface area contributed by atoms with Gasteiger partial charge < -0.3 is 24.6 Å². The molecule has 0 fully saturated rings. The SMILES string of the molecule is COCCNC(=O)Nc1cc(C)c(Oc2cc(C)cc(-c3c(C)noc3C)c2)c(C)c1. The first kappa shape index (κ1) is 22.4. The third kappa shape index (κ3) is 5.44. The molecule has 0 radical (unpaired) electrons. The minimum atomic E-state index is -0.271. The lowest BCUT2D eigenvalue weighted by Crippen LogP contribution is -2.31. The molecule has 0 atom stereocenters. The van der Waals surface area contributed by atoms with Crippen LogP contribution in [-0.2, 0) is 4.74 Å². The number of nitrogens with zero attached hydrogens (tertiary/aromatic N) is 1. The Balaban J connectivity index is 1.82. The zero-order chi connectivity index (χ0) is 22.5. The third-order valence-electron chi connectivity index (χ3n) is 4.90. The number of hydrogen-bond donors (Lipinski definition) is 2. The molecule has 0 aliphatic carbocycles. The molecule has 0 bridgehead atoms. The first-order valence-corrected chi connectivity index (χ1v) is 10.2. The number of methoxy groups -OCH3 is 1. The van der Waals surface area contributed by atoms with Crippen LogP contribution in [0.5, 0.6) is 11.5 Å². The summed E-state index contributed by atoms with van der Waals surface area (Å²) in [5, 5.41) is 9.64. The predicted molar refractivity (Wildman–Crippen MR) is 121 cm³/mol. The summed E-state index contributed by atoms with van der Waals surface area (Å²) in [7, 11) is 1.59. The minimum absolute atomic E-state index is 0.271. The molecule has 1 heterocycles. The van der Waals surface area contributed by atoms with Crippen LogP contribution in [0.1, 0.15) is 28.1 Å². The Morgan fingerprint density at radius 3 is 2.35 bits per heavy atom. The molecule has 7 nitrogen and oxygen atoms in total. The number of ether oxygens (including phenoxy) is 2. The van der Waals surface area contributed by atoms with E-state index in [-0.39, 0.29) is 6.03 Å². The van der Waals surface area contributed by atoms with Crippen LogP contribution in [0.25, 0.3) is 11.1 Å². The number of carbonyl (C=O) groups excluding carboxylic acids is 1. The van der Waals surface area contributed by atoms with Crippen molar-refractivity contribution < 1.29 is 18.8 Å². The number of benzene rings is 2. The number of urea groups is 1. The van der Waals surface area contributed by atoms with Crippen LogP contribution in [0, 0.1) is 34.6 Å². The topological polar surface area (TPSA) is 85.6 Å². The summed E-state index contributed by atoms with van der Waals surface area (Å²) in [6.07, 6.45) is 0. The van der Waals surface area contributed by atoms with Crippen molar-refractivity contribution in [3.8, 4) is 22.6 Å². The van der Waals surface area contributed by atoms with E-state index in [1.165, 1.54) is 0 Å². The molecule has 0 saturated carbocycles. The smallest absolute Gasteiger partial charge is 0.319 e. The van der Waals surface area contributed by atoms with Gasteiger partial charge in [-0.15, -0.1) is 0 Å². The average Bonchev–Trinajstić information content (AvgIpc) is 3.03. The van der Waals surface area contributed by atoms with Crippen molar-refractivity contribution in [1.29, 1.82) is 0 Å². The van der Waals surface area contributed by atoms with Crippen molar-refractivity contribution in [3.63, 3.8) is 0 Å². The fraction of sp³-hybridized carbons (Fsp3) is 0.333. The fourth-order valence-corrected chi connectivity index (χ4v) is 3.59. The van der Waals surface area contributed by atoms with Crippen LogP contribution in [0.4, 0.5) is 10.5 Å². The van der Waals surface area contributed by atoms with Gasteiger partial charge in [-0.3, -0.25) is 0 Å². The summed E-state index contributed by atoms with van der Waals surface area (Å²) >= 11 is 0. The molecule has 2 amide bonds. The number of carbonyl (C=O) groups is 1. The number of rotatable bonds is 7. The normalized spacial score (nSPS) is 10.8. The number of aromatic nitrogens is 1. The fourth-order valence-electron chi connectivity index (χ4n) is 3.59.